The molecule has 0 bridgehead atoms. The third kappa shape index (κ3) is 6.05. The molecule has 0 saturated heterocycles. The Labute approximate surface area is 117 Å². The molecule has 0 aliphatic heterocycles. The van der Waals surface area contributed by atoms with Crippen LogP contribution in [0.15, 0.2) is 11.3 Å². The van der Waals surface area contributed by atoms with Gasteiger partial charge in [0.1, 0.15) is 13.2 Å². The Morgan fingerprint density at radius 1 is 0.947 bits per heavy atom. The molecular formula is C14H26O4Si. The highest BCUT2D eigenvalue weighted by atomic mass is 28.3. The molecule has 0 aliphatic carbocycles. The zero-order chi connectivity index (χ0) is 14.9. The molecule has 0 atom stereocenters. The molecule has 0 radical (unpaired) electrons. The minimum Gasteiger partial charge on any atom is -0.462 e. The lowest BCUT2D eigenvalue weighted by atomic mass is 10.5. The molecule has 110 valence electrons. The van der Waals surface area contributed by atoms with E-state index in [1.165, 1.54) is 19.0 Å². The van der Waals surface area contributed by atoms with Crippen LogP contribution in [0.1, 0.15) is 34.6 Å². The van der Waals surface area contributed by atoms with Gasteiger partial charge in [-0.05, 0) is 11.3 Å². The summed E-state index contributed by atoms with van der Waals surface area (Å²) >= 11 is 0. The van der Waals surface area contributed by atoms with Crippen molar-refractivity contribution in [3.8, 4) is 0 Å². The summed E-state index contributed by atoms with van der Waals surface area (Å²) in [7, 11) is -1.59. The maximum absolute atomic E-state index is 11.0. The molecule has 0 aromatic heterocycles. The first-order valence-corrected chi connectivity index (χ1v) is 9.50. The van der Waals surface area contributed by atoms with Gasteiger partial charge in [0.25, 0.3) is 0 Å². The quantitative estimate of drug-likeness (QED) is 0.508. The van der Waals surface area contributed by atoms with Crippen LogP contribution >= 0.6 is 0 Å². The van der Waals surface area contributed by atoms with Crippen LogP contribution in [0.3, 0.4) is 0 Å². The van der Waals surface area contributed by atoms with Crippen LogP contribution in [0.4, 0.5) is 0 Å². The maximum atomic E-state index is 11.0. The molecule has 0 fully saturated rings. The fraction of sp³-hybridized carbons (Fsp3) is 0.714. The van der Waals surface area contributed by atoms with Gasteiger partial charge in [-0.15, -0.1) is 0 Å². The van der Waals surface area contributed by atoms with E-state index in [0.717, 1.165) is 18.1 Å². The fourth-order valence-corrected chi connectivity index (χ4v) is 6.06. The van der Waals surface area contributed by atoms with Gasteiger partial charge in [0.15, 0.2) is 0 Å². The lowest BCUT2D eigenvalue weighted by Crippen LogP contribution is -2.37. The second-order valence-electron chi connectivity index (χ2n) is 4.65. The molecule has 0 amide bonds. The van der Waals surface area contributed by atoms with Gasteiger partial charge in [-0.1, -0.05) is 38.9 Å². The summed E-state index contributed by atoms with van der Waals surface area (Å²) in [5, 5.41) is 1.18. The van der Waals surface area contributed by atoms with Gasteiger partial charge in [-0.2, -0.15) is 0 Å². The molecule has 0 aromatic carbocycles. The van der Waals surface area contributed by atoms with Crippen molar-refractivity contribution in [1.29, 1.82) is 0 Å². The van der Waals surface area contributed by atoms with Crippen molar-refractivity contribution in [3.63, 3.8) is 0 Å². The Kier molecular flexibility index (Phi) is 8.39. The highest BCUT2D eigenvalue weighted by Gasteiger charge is 2.31. The molecule has 0 spiro atoms. The standard InChI is InChI=1S/C14H26O4Si/c1-6-19(7-2,8-3)14(11-18-13(5)16)9-10-17-12(4)15/h9H,6-8,10-11H2,1-5H3/b14-9-. The van der Waals surface area contributed by atoms with E-state index < -0.39 is 8.07 Å². The summed E-state index contributed by atoms with van der Waals surface area (Å²) in [6.45, 7) is 9.96. The lowest BCUT2D eigenvalue weighted by molar-refractivity contribution is -0.141. The van der Waals surface area contributed by atoms with Crippen molar-refractivity contribution in [2.75, 3.05) is 13.2 Å². The van der Waals surface area contributed by atoms with Gasteiger partial charge in [0.2, 0.25) is 0 Å². The minimum atomic E-state index is -1.59. The average molecular weight is 286 g/mol. The van der Waals surface area contributed by atoms with Gasteiger partial charge in [0.05, 0.1) is 8.07 Å². The average Bonchev–Trinajstić information content (AvgIpc) is 2.37. The Balaban J connectivity index is 5.00. The molecule has 0 N–H and O–H groups in total. The topological polar surface area (TPSA) is 52.6 Å². The summed E-state index contributed by atoms with van der Waals surface area (Å²) < 4.78 is 10.1. The predicted octanol–water partition coefficient (Wildman–Crippen LogP) is 3.09. The third-order valence-electron chi connectivity index (χ3n) is 3.76. The first kappa shape index (κ1) is 17.9. The van der Waals surface area contributed by atoms with E-state index in [2.05, 4.69) is 20.8 Å². The predicted molar refractivity (Wildman–Crippen MR) is 78.5 cm³/mol. The van der Waals surface area contributed by atoms with Crippen LogP contribution in [-0.4, -0.2) is 33.2 Å². The summed E-state index contributed by atoms with van der Waals surface area (Å²) in [6, 6.07) is 3.31. The largest absolute Gasteiger partial charge is 0.462 e. The fourth-order valence-electron chi connectivity index (χ4n) is 2.30. The van der Waals surface area contributed by atoms with E-state index in [-0.39, 0.29) is 18.5 Å². The summed E-state index contributed by atoms with van der Waals surface area (Å²) in [5.74, 6) is -0.565. The van der Waals surface area contributed by atoms with E-state index >= 15 is 0 Å². The molecule has 0 rings (SSSR count). The Hall–Kier alpha value is -1.10. The van der Waals surface area contributed by atoms with E-state index in [9.17, 15) is 9.59 Å². The van der Waals surface area contributed by atoms with Crippen LogP contribution < -0.4 is 0 Å². The Morgan fingerprint density at radius 2 is 1.42 bits per heavy atom. The molecule has 4 nitrogen and oxygen atoms in total. The van der Waals surface area contributed by atoms with Gasteiger partial charge >= 0.3 is 11.9 Å². The molecule has 0 heterocycles. The monoisotopic (exact) mass is 286 g/mol. The van der Waals surface area contributed by atoms with Gasteiger partial charge in [-0.3, -0.25) is 9.59 Å². The number of esters is 2. The van der Waals surface area contributed by atoms with E-state index in [0.29, 0.717) is 6.61 Å². The minimum absolute atomic E-state index is 0.265. The Morgan fingerprint density at radius 3 is 1.79 bits per heavy atom. The highest BCUT2D eigenvalue weighted by molar-refractivity contribution is 6.86. The van der Waals surface area contributed by atoms with Crippen molar-refractivity contribution in [2.45, 2.75) is 52.8 Å². The number of rotatable bonds is 8. The van der Waals surface area contributed by atoms with Gasteiger partial charge in [0, 0.05) is 13.8 Å². The maximum Gasteiger partial charge on any atom is 0.302 e. The number of carbonyl (C=O) groups is 2. The lowest BCUT2D eigenvalue weighted by Gasteiger charge is -2.31. The van der Waals surface area contributed by atoms with Crippen LogP contribution in [0.5, 0.6) is 0 Å². The second-order valence-corrected chi connectivity index (χ2v) is 9.98. The molecule has 0 saturated carbocycles. The van der Waals surface area contributed by atoms with Gasteiger partial charge in [-0.25, -0.2) is 0 Å². The van der Waals surface area contributed by atoms with Gasteiger partial charge < -0.3 is 9.47 Å². The molecular weight excluding hydrogens is 260 g/mol. The first-order chi connectivity index (χ1) is 8.91. The van der Waals surface area contributed by atoms with Crippen LogP contribution in [0.2, 0.25) is 18.1 Å². The van der Waals surface area contributed by atoms with E-state index in [1.807, 2.05) is 6.08 Å². The van der Waals surface area contributed by atoms with Crippen molar-refractivity contribution >= 4 is 20.0 Å². The summed E-state index contributed by atoms with van der Waals surface area (Å²) in [5.41, 5.74) is 0. The van der Waals surface area contributed by atoms with Crippen LogP contribution in [-0.2, 0) is 19.1 Å². The SMILES string of the molecule is CC[Si](CC)(CC)/C(=C\COC(C)=O)COC(C)=O. The number of ether oxygens (including phenoxy) is 2. The third-order valence-corrected chi connectivity index (χ3v) is 9.53. The molecule has 0 aliphatic rings. The molecule has 19 heavy (non-hydrogen) atoms. The summed E-state index contributed by atoms with van der Waals surface area (Å²) in [4.78, 5) is 21.8. The van der Waals surface area contributed by atoms with Crippen molar-refractivity contribution < 1.29 is 19.1 Å². The second kappa shape index (κ2) is 8.91. The molecule has 0 unspecified atom stereocenters. The first-order valence-electron chi connectivity index (χ1n) is 6.88. The van der Waals surface area contributed by atoms with Crippen molar-refractivity contribution in [3.05, 3.63) is 11.3 Å². The van der Waals surface area contributed by atoms with Crippen LogP contribution in [0, 0.1) is 0 Å². The molecule has 0 aromatic rings. The highest BCUT2D eigenvalue weighted by Crippen LogP contribution is 2.28. The van der Waals surface area contributed by atoms with Crippen LogP contribution in [0.25, 0.3) is 0 Å². The van der Waals surface area contributed by atoms with Crippen molar-refractivity contribution in [1.82, 2.24) is 0 Å². The number of hydrogen-bond acceptors (Lipinski definition) is 4. The zero-order valence-corrected chi connectivity index (χ0v) is 13.7. The van der Waals surface area contributed by atoms with E-state index in [1.54, 1.807) is 0 Å². The molecule has 5 heteroatoms. The Bertz CT molecular complexity index is 324. The number of carbonyl (C=O) groups excluding carboxylic acids is 2. The number of hydrogen-bond donors (Lipinski definition) is 0. The normalized spacial score (nSPS) is 12.2. The van der Waals surface area contributed by atoms with Crippen molar-refractivity contribution in [2.24, 2.45) is 0 Å². The summed E-state index contributed by atoms with van der Waals surface area (Å²) in [6.07, 6.45) is 1.94. The smallest absolute Gasteiger partial charge is 0.302 e. The zero-order valence-electron chi connectivity index (χ0n) is 12.7. The van der Waals surface area contributed by atoms with E-state index in [4.69, 9.17) is 9.47 Å².